The summed E-state index contributed by atoms with van der Waals surface area (Å²) in [6, 6.07) is 11.7. The van der Waals surface area contributed by atoms with E-state index in [2.05, 4.69) is 16.6 Å². The van der Waals surface area contributed by atoms with Crippen molar-refractivity contribution in [3.05, 3.63) is 64.5 Å². The van der Waals surface area contributed by atoms with Crippen LogP contribution in [0.25, 0.3) is 22.1 Å². The number of benzene rings is 2. The molecule has 1 N–H and O–H groups in total. The van der Waals surface area contributed by atoms with Gasteiger partial charge < -0.3 is 9.15 Å². The number of fused-ring (bicyclic) bond motifs is 1. The number of sulfonamides is 1. The molecule has 0 bridgehead atoms. The molecule has 0 saturated carbocycles. The number of rotatable bonds is 4. The second-order valence-corrected chi connectivity index (χ2v) is 7.62. The van der Waals surface area contributed by atoms with Gasteiger partial charge in [-0.1, -0.05) is 24.0 Å². The van der Waals surface area contributed by atoms with Crippen LogP contribution in [-0.2, 0) is 14.8 Å². The van der Waals surface area contributed by atoms with Gasteiger partial charge >= 0.3 is 0 Å². The molecule has 0 atom stereocenters. The summed E-state index contributed by atoms with van der Waals surface area (Å²) in [7, 11) is -1.78. The predicted molar refractivity (Wildman–Crippen MR) is 105 cm³/mol. The molecular weight excluding hydrogens is 366 g/mol. The summed E-state index contributed by atoms with van der Waals surface area (Å²) < 4.78 is 35.4. The summed E-state index contributed by atoms with van der Waals surface area (Å²) in [5, 5.41) is 0.447. The largest absolute Gasteiger partial charge is 0.463 e. The first-order valence-electron chi connectivity index (χ1n) is 7.99. The number of methoxy groups -OCH3 is 1. The fourth-order valence-corrected chi connectivity index (χ4v) is 3.11. The van der Waals surface area contributed by atoms with E-state index in [1.807, 2.05) is 0 Å². The van der Waals surface area contributed by atoms with E-state index in [0.717, 1.165) is 11.8 Å². The lowest BCUT2D eigenvalue weighted by molar-refractivity contribution is 0.240. The van der Waals surface area contributed by atoms with Gasteiger partial charge in [0, 0.05) is 18.4 Å². The molecule has 27 heavy (non-hydrogen) atoms. The van der Waals surface area contributed by atoms with Crippen LogP contribution >= 0.6 is 0 Å². The predicted octanol–water partition coefficient (Wildman–Crippen LogP) is 2.83. The number of hydrogen-bond donors (Lipinski definition) is 1. The summed E-state index contributed by atoms with van der Waals surface area (Å²) in [6.45, 7) is 0.325. The topological polar surface area (TPSA) is 85.6 Å². The van der Waals surface area contributed by atoms with Crippen LogP contribution in [0, 0.1) is 11.8 Å². The molecule has 3 rings (SSSR count). The summed E-state index contributed by atoms with van der Waals surface area (Å²) in [6.07, 6.45) is 2.48. The normalized spacial score (nSPS) is 11.0. The average Bonchev–Trinajstić information content (AvgIpc) is 2.62. The van der Waals surface area contributed by atoms with Crippen LogP contribution in [0.5, 0.6) is 0 Å². The van der Waals surface area contributed by atoms with Gasteiger partial charge in [-0.25, -0.2) is 8.42 Å². The molecule has 0 aliphatic rings. The van der Waals surface area contributed by atoms with E-state index in [1.165, 1.54) is 6.26 Å². The molecule has 0 unspecified atom stereocenters. The Kier molecular flexibility index (Phi) is 5.31. The Labute approximate surface area is 156 Å². The Morgan fingerprint density at radius 2 is 1.89 bits per heavy atom. The van der Waals surface area contributed by atoms with Crippen LogP contribution in [0.15, 0.2) is 57.9 Å². The maximum Gasteiger partial charge on any atom is 0.229 e. The molecular formula is C20H17NO5S. The molecule has 3 aromatic rings. The zero-order valence-corrected chi connectivity index (χ0v) is 15.6. The second-order valence-electron chi connectivity index (χ2n) is 5.88. The van der Waals surface area contributed by atoms with E-state index in [4.69, 9.17) is 9.15 Å². The smallest absolute Gasteiger partial charge is 0.229 e. The molecule has 0 fully saturated rings. The Bertz CT molecular complexity index is 1200. The van der Waals surface area contributed by atoms with E-state index in [9.17, 15) is 13.2 Å². The van der Waals surface area contributed by atoms with Crippen molar-refractivity contribution in [1.29, 1.82) is 0 Å². The summed E-state index contributed by atoms with van der Waals surface area (Å²) in [5.74, 6) is 5.78. The minimum atomic E-state index is -3.35. The molecule has 0 aliphatic heterocycles. The second kappa shape index (κ2) is 7.66. The highest BCUT2D eigenvalue weighted by molar-refractivity contribution is 7.92. The number of hydrogen-bond acceptors (Lipinski definition) is 5. The van der Waals surface area contributed by atoms with Crippen LogP contribution < -0.4 is 10.2 Å². The number of ether oxygens (including phenoxy) is 1. The Hall–Kier alpha value is -3.08. The first-order valence-corrected chi connectivity index (χ1v) is 9.88. The van der Waals surface area contributed by atoms with E-state index in [0.29, 0.717) is 34.4 Å². The van der Waals surface area contributed by atoms with E-state index in [1.54, 1.807) is 49.6 Å². The minimum absolute atomic E-state index is 0.170. The molecule has 7 heteroatoms. The van der Waals surface area contributed by atoms with E-state index >= 15 is 0 Å². The lowest BCUT2D eigenvalue weighted by atomic mass is 10.0. The van der Waals surface area contributed by atoms with Gasteiger partial charge in [0.15, 0.2) is 5.43 Å². The SMILES string of the molecule is COCC#Cc1ccc2c(=O)c(-c3ccc(NS(C)(=O)=O)cc3)coc2c1. The van der Waals surface area contributed by atoms with E-state index in [-0.39, 0.29) is 5.43 Å². The highest BCUT2D eigenvalue weighted by atomic mass is 32.2. The third-order valence-electron chi connectivity index (χ3n) is 3.72. The molecule has 0 saturated heterocycles. The summed E-state index contributed by atoms with van der Waals surface area (Å²) in [4.78, 5) is 12.8. The fraction of sp³-hybridized carbons (Fsp3) is 0.150. The molecule has 138 valence electrons. The van der Waals surface area contributed by atoms with Crippen molar-refractivity contribution in [2.24, 2.45) is 0 Å². The third-order valence-corrected chi connectivity index (χ3v) is 4.33. The van der Waals surface area contributed by atoms with Gasteiger partial charge in [-0.3, -0.25) is 9.52 Å². The standard InChI is InChI=1S/C20H17NO5S/c1-25-11-3-4-14-5-10-17-19(12-14)26-13-18(20(17)22)15-6-8-16(9-7-15)21-27(2,23)24/h5-10,12-13,21H,11H2,1-2H3. The molecule has 0 radical (unpaired) electrons. The number of nitrogens with one attached hydrogen (secondary N) is 1. The molecule has 0 amide bonds. The zero-order valence-electron chi connectivity index (χ0n) is 14.8. The van der Waals surface area contributed by atoms with Crippen molar-refractivity contribution in [3.63, 3.8) is 0 Å². The summed E-state index contributed by atoms with van der Waals surface area (Å²) in [5.41, 5.74) is 2.46. The number of anilines is 1. The third kappa shape index (κ3) is 4.56. The summed E-state index contributed by atoms with van der Waals surface area (Å²) >= 11 is 0. The maximum atomic E-state index is 12.8. The van der Waals surface area contributed by atoms with Gasteiger partial charge in [-0.15, -0.1) is 0 Å². The highest BCUT2D eigenvalue weighted by Gasteiger charge is 2.10. The highest BCUT2D eigenvalue weighted by Crippen LogP contribution is 2.22. The monoisotopic (exact) mass is 383 g/mol. The van der Waals surface area contributed by atoms with Gasteiger partial charge in [-0.2, -0.15) is 0 Å². The lowest BCUT2D eigenvalue weighted by Crippen LogP contribution is -2.09. The average molecular weight is 383 g/mol. The Balaban J connectivity index is 1.96. The maximum absolute atomic E-state index is 12.8. The molecule has 0 aliphatic carbocycles. The van der Waals surface area contributed by atoms with E-state index < -0.39 is 10.0 Å². The molecule has 1 heterocycles. The molecule has 0 spiro atoms. The Morgan fingerprint density at radius 1 is 1.15 bits per heavy atom. The van der Waals surface area contributed by atoms with Crippen molar-refractivity contribution >= 4 is 26.7 Å². The van der Waals surface area contributed by atoms with Crippen LogP contribution in [0.1, 0.15) is 5.56 Å². The quantitative estimate of drug-likeness (QED) is 0.700. The zero-order chi connectivity index (χ0) is 19.4. The minimum Gasteiger partial charge on any atom is -0.463 e. The molecule has 1 aromatic heterocycles. The van der Waals surface area contributed by atoms with Crippen LogP contribution in [-0.4, -0.2) is 28.4 Å². The van der Waals surface area contributed by atoms with Crippen molar-refractivity contribution in [1.82, 2.24) is 0 Å². The van der Waals surface area contributed by atoms with Gasteiger partial charge in [0.25, 0.3) is 0 Å². The van der Waals surface area contributed by atoms with Gasteiger partial charge in [0.05, 0.1) is 17.2 Å². The van der Waals surface area contributed by atoms with Crippen molar-refractivity contribution in [2.75, 3.05) is 24.7 Å². The molecule has 2 aromatic carbocycles. The first kappa shape index (κ1) is 18.7. The first-order chi connectivity index (χ1) is 12.9. The van der Waals surface area contributed by atoms with Crippen LogP contribution in [0.4, 0.5) is 5.69 Å². The van der Waals surface area contributed by atoms with Gasteiger partial charge in [0.1, 0.15) is 18.5 Å². The van der Waals surface area contributed by atoms with Gasteiger partial charge in [-0.05, 0) is 35.9 Å². The Morgan fingerprint density at radius 3 is 2.56 bits per heavy atom. The van der Waals surface area contributed by atoms with Crippen LogP contribution in [0.3, 0.4) is 0 Å². The molecule has 6 nitrogen and oxygen atoms in total. The van der Waals surface area contributed by atoms with Gasteiger partial charge in [0.2, 0.25) is 10.0 Å². The van der Waals surface area contributed by atoms with Crippen molar-refractivity contribution in [2.45, 2.75) is 0 Å². The lowest BCUT2D eigenvalue weighted by Gasteiger charge is -2.06. The van der Waals surface area contributed by atoms with Crippen molar-refractivity contribution < 1.29 is 17.6 Å². The van der Waals surface area contributed by atoms with Crippen LogP contribution in [0.2, 0.25) is 0 Å². The fourth-order valence-electron chi connectivity index (χ4n) is 2.55. The van der Waals surface area contributed by atoms with Crippen molar-refractivity contribution in [3.8, 4) is 23.0 Å².